The van der Waals surface area contributed by atoms with Crippen molar-refractivity contribution in [3.63, 3.8) is 0 Å². The molecule has 3 aliphatic rings. The Bertz CT molecular complexity index is 801. The predicted octanol–water partition coefficient (Wildman–Crippen LogP) is -0.438. The van der Waals surface area contributed by atoms with Gasteiger partial charge in [-0.1, -0.05) is 18.2 Å². The molecule has 0 unspecified atom stereocenters. The minimum absolute atomic E-state index is 0.0883. The fourth-order valence-electron chi connectivity index (χ4n) is 3.34. The van der Waals surface area contributed by atoms with Crippen molar-refractivity contribution in [3.8, 4) is 5.75 Å². The highest BCUT2D eigenvalue weighted by Crippen LogP contribution is 2.55. The molecule has 3 heterocycles. The van der Waals surface area contributed by atoms with E-state index in [0.717, 1.165) is 16.7 Å². The topological polar surface area (TPSA) is 122 Å². The molecule has 1 aromatic rings. The van der Waals surface area contributed by atoms with Crippen molar-refractivity contribution in [1.82, 2.24) is 10.2 Å². The van der Waals surface area contributed by atoms with Gasteiger partial charge in [0.25, 0.3) is 17.5 Å². The van der Waals surface area contributed by atoms with E-state index in [1.54, 1.807) is 24.3 Å². The number of hydrogen-bond acceptors (Lipinski definition) is 7. The molecule has 4 rings (SSSR count). The average Bonchev–Trinajstić information content (AvgIpc) is 3.08. The third-order valence-electron chi connectivity index (χ3n) is 4.50. The highest BCUT2D eigenvalue weighted by molar-refractivity contribution is 8.01. The number of rotatable bonds is 5. The van der Waals surface area contributed by atoms with E-state index < -0.39 is 46.1 Å². The molecule has 3 fully saturated rings. The SMILES string of the molecule is O=C(COc1ccccc1)N[C@@H]1C(=O)N2[C@@H]1S[C@@H]1CC(=O)O[C@@]12C(=O)O. The van der Waals surface area contributed by atoms with E-state index >= 15 is 0 Å². The van der Waals surface area contributed by atoms with Crippen molar-refractivity contribution < 1.29 is 33.8 Å². The minimum atomic E-state index is -1.97. The van der Waals surface area contributed by atoms with E-state index in [1.165, 1.54) is 0 Å². The van der Waals surface area contributed by atoms with Gasteiger partial charge in [0.05, 0.1) is 11.7 Å². The zero-order valence-corrected chi connectivity index (χ0v) is 14.1. The lowest BCUT2D eigenvalue weighted by Crippen LogP contribution is -2.75. The summed E-state index contributed by atoms with van der Waals surface area (Å²) in [5.74, 6) is -2.60. The summed E-state index contributed by atoms with van der Waals surface area (Å²) in [6.45, 7) is -0.270. The molecule has 9 nitrogen and oxygen atoms in total. The lowest BCUT2D eigenvalue weighted by molar-refractivity contribution is -0.204. The zero-order valence-electron chi connectivity index (χ0n) is 13.3. The lowest BCUT2D eigenvalue weighted by Gasteiger charge is -2.46. The highest BCUT2D eigenvalue weighted by atomic mass is 32.2. The van der Waals surface area contributed by atoms with Crippen LogP contribution in [0.5, 0.6) is 5.75 Å². The average molecular weight is 378 g/mol. The number of aliphatic carboxylic acids is 1. The summed E-state index contributed by atoms with van der Waals surface area (Å²) in [7, 11) is 0. The number of carboxylic acids is 1. The lowest BCUT2D eigenvalue weighted by atomic mass is 9.99. The van der Waals surface area contributed by atoms with Gasteiger partial charge >= 0.3 is 11.9 Å². The summed E-state index contributed by atoms with van der Waals surface area (Å²) in [5.41, 5.74) is -1.97. The Hall–Kier alpha value is -2.75. The smallest absolute Gasteiger partial charge is 0.371 e. The molecule has 26 heavy (non-hydrogen) atoms. The molecule has 3 saturated heterocycles. The van der Waals surface area contributed by atoms with Gasteiger partial charge in [0.15, 0.2) is 6.61 Å². The highest BCUT2D eigenvalue weighted by Gasteiger charge is 2.75. The number of benzene rings is 1. The minimum Gasteiger partial charge on any atom is -0.484 e. The van der Waals surface area contributed by atoms with Gasteiger partial charge in [0.2, 0.25) is 0 Å². The fraction of sp³-hybridized carbons (Fsp3) is 0.375. The van der Waals surface area contributed by atoms with Crippen molar-refractivity contribution in [1.29, 1.82) is 0 Å². The van der Waals surface area contributed by atoms with Crippen molar-refractivity contribution in [2.75, 3.05) is 6.61 Å². The van der Waals surface area contributed by atoms with Gasteiger partial charge in [-0.25, -0.2) is 4.79 Å². The Morgan fingerprint density at radius 3 is 2.77 bits per heavy atom. The molecular formula is C16H14N2O7S. The molecule has 136 valence electrons. The van der Waals surface area contributed by atoms with Crippen LogP contribution in [0.25, 0.3) is 0 Å². The first-order chi connectivity index (χ1) is 12.4. The van der Waals surface area contributed by atoms with Crippen LogP contribution >= 0.6 is 11.8 Å². The van der Waals surface area contributed by atoms with Crippen LogP contribution in [-0.4, -0.2) is 62.8 Å². The van der Waals surface area contributed by atoms with E-state index in [-0.39, 0.29) is 13.0 Å². The second-order valence-electron chi connectivity index (χ2n) is 6.05. The molecule has 10 heteroatoms. The van der Waals surface area contributed by atoms with Gasteiger partial charge in [-0.2, -0.15) is 0 Å². The molecule has 3 aliphatic heterocycles. The van der Waals surface area contributed by atoms with Crippen LogP contribution in [0.1, 0.15) is 6.42 Å². The van der Waals surface area contributed by atoms with Crippen LogP contribution in [0.3, 0.4) is 0 Å². The van der Waals surface area contributed by atoms with Gasteiger partial charge in [-0.05, 0) is 12.1 Å². The van der Waals surface area contributed by atoms with Crippen LogP contribution in [0.4, 0.5) is 0 Å². The van der Waals surface area contributed by atoms with Crippen LogP contribution in [0.15, 0.2) is 30.3 Å². The Morgan fingerprint density at radius 1 is 1.35 bits per heavy atom. The van der Waals surface area contributed by atoms with E-state index in [9.17, 15) is 24.3 Å². The quantitative estimate of drug-likeness (QED) is 0.522. The number of amides is 2. The molecule has 2 N–H and O–H groups in total. The fourth-order valence-corrected chi connectivity index (χ4v) is 5.08. The second-order valence-corrected chi connectivity index (χ2v) is 7.37. The summed E-state index contributed by atoms with van der Waals surface area (Å²) in [6.07, 6.45) is -0.0883. The first-order valence-electron chi connectivity index (χ1n) is 7.84. The number of esters is 1. The van der Waals surface area contributed by atoms with Gasteiger partial charge in [-0.15, -0.1) is 11.8 Å². The number of hydrogen-bond donors (Lipinski definition) is 2. The number of carbonyl (C=O) groups is 4. The zero-order chi connectivity index (χ0) is 18.5. The normalized spacial score (nSPS) is 31.5. The van der Waals surface area contributed by atoms with E-state index in [4.69, 9.17) is 9.47 Å². The number of carbonyl (C=O) groups excluding carboxylic acids is 3. The third-order valence-corrected chi connectivity index (χ3v) is 6.08. The van der Waals surface area contributed by atoms with Gasteiger partial charge in [-0.3, -0.25) is 19.3 Å². The summed E-state index contributed by atoms with van der Waals surface area (Å²) in [4.78, 5) is 48.7. The monoisotopic (exact) mass is 378 g/mol. The number of β-lactam (4-membered cyclic amide) rings is 1. The molecule has 0 radical (unpaired) electrons. The first kappa shape index (κ1) is 16.7. The number of carboxylic acid groups (broad SMARTS) is 1. The maximum absolute atomic E-state index is 12.4. The summed E-state index contributed by atoms with van der Waals surface area (Å²) in [6, 6.07) is 7.87. The van der Waals surface area contributed by atoms with Gasteiger partial charge in [0.1, 0.15) is 17.2 Å². The number of nitrogens with one attached hydrogen (secondary N) is 1. The molecule has 2 amide bonds. The van der Waals surface area contributed by atoms with E-state index in [2.05, 4.69) is 5.32 Å². The first-order valence-corrected chi connectivity index (χ1v) is 8.79. The van der Waals surface area contributed by atoms with Crippen molar-refractivity contribution in [2.24, 2.45) is 0 Å². The Morgan fingerprint density at radius 2 is 2.08 bits per heavy atom. The van der Waals surface area contributed by atoms with Crippen LogP contribution < -0.4 is 10.1 Å². The summed E-state index contributed by atoms with van der Waals surface area (Å²) >= 11 is 1.15. The van der Waals surface area contributed by atoms with Crippen LogP contribution in [-0.2, 0) is 23.9 Å². The maximum Gasteiger partial charge on any atom is 0.371 e. The molecule has 0 bridgehead atoms. The summed E-state index contributed by atoms with van der Waals surface area (Å²) < 4.78 is 10.3. The van der Waals surface area contributed by atoms with Crippen LogP contribution in [0.2, 0.25) is 0 Å². The molecule has 0 spiro atoms. The van der Waals surface area contributed by atoms with Crippen molar-refractivity contribution >= 4 is 35.5 Å². The molecule has 0 aromatic heterocycles. The largest absolute Gasteiger partial charge is 0.484 e. The Balaban J connectivity index is 1.41. The third kappa shape index (κ3) is 2.32. The van der Waals surface area contributed by atoms with Crippen LogP contribution in [0, 0.1) is 0 Å². The molecule has 4 atom stereocenters. The van der Waals surface area contributed by atoms with Crippen molar-refractivity contribution in [3.05, 3.63) is 30.3 Å². The van der Waals surface area contributed by atoms with Crippen molar-refractivity contribution in [2.45, 2.75) is 28.8 Å². The number of para-hydroxylation sites is 1. The number of ether oxygens (including phenoxy) is 2. The predicted molar refractivity (Wildman–Crippen MR) is 87.0 cm³/mol. The van der Waals surface area contributed by atoms with E-state index in [1.807, 2.05) is 6.07 Å². The Kier molecular flexibility index (Phi) is 3.79. The van der Waals surface area contributed by atoms with Gasteiger partial charge in [0, 0.05) is 0 Å². The number of thioether (sulfide) groups is 1. The standard InChI is InChI=1S/C16H14N2O7S/c19-10(7-24-8-4-2-1-3-5-8)17-12-13(21)18-14(12)26-9-6-11(20)25-16(9,18)15(22)23/h1-5,9,12,14H,6-7H2,(H,17,19)(H,22,23)/t9-,12-,14-,16-/m1/s1. The Labute approximate surface area is 151 Å². The molecular weight excluding hydrogens is 364 g/mol. The summed E-state index contributed by atoms with van der Waals surface area (Å²) in [5, 5.41) is 10.8. The number of fused-ring (bicyclic) bond motifs is 3. The molecule has 0 saturated carbocycles. The molecule has 0 aliphatic carbocycles. The maximum atomic E-state index is 12.4. The second kappa shape index (κ2) is 5.90. The van der Waals surface area contributed by atoms with E-state index in [0.29, 0.717) is 5.75 Å². The van der Waals surface area contributed by atoms with Gasteiger partial charge < -0.3 is 19.9 Å². The molecule has 1 aromatic carbocycles. The number of nitrogens with zero attached hydrogens (tertiary/aromatic N) is 1.